The fraction of sp³-hybridized carbons (Fsp3) is 0.267. The third-order valence-corrected chi connectivity index (χ3v) is 5.44. The number of halogens is 2. The first-order chi connectivity index (χ1) is 9.63. The molecule has 0 unspecified atom stereocenters. The number of amides is 1. The topological polar surface area (TPSA) is 29.1 Å². The summed E-state index contributed by atoms with van der Waals surface area (Å²) in [6, 6.07) is 7.47. The summed E-state index contributed by atoms with van der Waals surface area (Å²) in [5.74, 6) is -0.0753. The van der Waals surface area contributed by atoms with Crippen LogP contribution in [0.5, 0.6) is 0 Å². The SMILES string of the molecule is O=C(Nc1ccc(Br)cc1Cl)c1cc2c(s1)CCCC2. The molecule has 2 aromatic rings. The molecule has 0 saturated heterocycles. The van der Waals surface area contributed by atoms with Crippen LogP contribution in [0.3, 0.4) is 0 Å². The van der Waals surface area contributed by atoms with E-state index in [9.17, 15) is 4.79 Å². The van der Waals surface area contributed by atoms with E-state index >= 15 is 0 Å². The van der Waals surface area contributed by atoms with Crippen molar-refractivity contribution in [3.63, 3.8) is 0 Å². The molecule has 1 aliphatic carbocycles. The molecule has 0 bridgehead atoms. The minimum atomic E-state index is -0.0753. The first-order valence-electron chi connectivity index (χ1n) is 6.51. The van der Waals surface area contributed by atoms with Gasteiger partial charge in [0, 0.05) is 9.35 Å². The minimum Gasteiger partial charge on any atom is -0.320 e. The normalized spacial score (nSPS) is 13.9. The van der Waals surface area contributed by atoms with Crippen LogP contribution in [0.2, 0.25) is 5.02 Å². The molecule has 0 fully saturated rings. The quantitative estimate of drug-likeness (QED) is 0.764. The molecule has 1 N–H and O–H groups in total. The van der Waals surface area contributed by atoms with Crippen molar-refractivity contribution in [1.29, 1.82) is 0 Å². The van der Waals surface area contributed by atoms with Gasteiger partial charge in [-0.3, -0.25) is 4.79 Å². The lowest BCUT2D eigenvalue weighted by atomic mass is 9.99. The van der Waals surface area contributed by atoms with Gasteiger partial charge < -0.3 is 5.32 Å². The highest BCUT2D eigenvalue weighted by molar-refractivity contribution is 9.10. The Morgan fingerprint density at radius 1 is 1.25 bits per heavy atom. The summed E-state index contributed by atoms with van der Waals surface area (Å²) < 4.78 is 0.895. The van der Waals surface area contributed by atoms with Gasteiger partial charge in [-0.05, 0) is 55.5 Å². The van der Waals surface area contributed by atoms with Crippen molar-refractivity contribution in [1.82, 2.24) is 0 Å². The third kappa shape index (κ3) is 2.92. The highest BCUT2D eigenvalue weighted by Crippen LogP contribution is 2.31. The number of fused-ring (bicyclic) bond motifs is 1. The van der Waals surface area contributed by atoms with Gasteiger partial charge in [-0.15, -0.1) is 11.3 Å². The molecule has 104 valence electrons. The summed E-state index contributed by atoms with van der Waals surface area (Å²) in [5.41, 5.74) is 1.99. The smallest absolute Gasteiger partial charge is 0.265 e. The van der Waals surface area contributed by atoms with Crippen molar-refractivity contribution in [2.75, 3.05) is 5.32 Å². The van der Waals surface area contributed by atoms with Gasteiger partial charge in [0.2, 0.25) is 0 Å². The number of hydrogen-bond donors (Lipinski definition) is 1. The van der Waals surface area contributed by atoms with E-state index in [1.807, 2.05) is 12.1 Å². The van der Waals surface area contributed by atoms with E-state index in [1.165, 1.54) is 23.3 Å². The molecular formula is C15H13BrClNOS. The molecule has 20 heavy (non-hydrogen) atoms. The van der Waals surface area contributed by atoms with Crippen LogP contribution in [-0.4, -0.2) is 5.91 Å². The second kappa shape index (κ2) is 5.88. The monoisotopic (exact) mass is 369 g/mol. The Morgan fingerprint density at radius 3 is 2.80 bits per heavy atom. The maximum Gasteiger partial charge on any atom is 0.265 e. The van der Waals surface area contributed by atoms with E-state index in [4.69, 9.17) is 11.6 Å². The number of anilines is 1. The maximum absolute atomic E-state index is 12.3. The van der Waals surface area contributed by atoms with Crippen molar-refractivity contribution in [3.05, 3.63) is 49.1 Å². The van der Waals surface area contributed by atoms with E-state index in [0.717, 1.165) is 22.2 Å². The molecule has 0 spiro atoms. The van der Waals surface area contributed by atoms with Gasteiger partial charge in [0.15, 0.2) is 0 Å². The largest absolute Gasteiger partial charge is 0.320 e. The predicted octanol–water partition coefficient (Wildman–Crippen LogP) is 5.30. The Morgan fingerprint density at radius 2 is 2.05 bits per heavy atom. The van der Waals surface area contributed by atoms with Crippen LogP contribution in [0.4, 0.5) is 5.69 Å². The summed E-state index contributed by atoms with van der Waals surface area (Å²) in [4.78, 5) is 14.4. The van der Waals surface area contributed by atoms with E-state index in [1.54, 1.807) is 23.5 Å². The van der Waals surface area contributed by atoms with Gasteiger partial charge in [0.1, 0.15) is 0 Å². The lowest BCUT2D eigenvalue weighted by Crippen LogP contribution is -2.10. The zero-order chi connectivity index (χ0) is 14.1. The van der Waals surface area contributed by atoms with Gasteiger partial charge in [-0.1, -0.05) is 27.5 Å². The van der Waals surface area contributed by atoms with Crippen LogP contribution in [0.15, 0.2) is 28.7 Å². The number of thiophene rings is 1. The Kier molecular flexibility index (Phi) is 4.15. The van der Waals surface area contributed by atoms with Crippen molar-refractivity contribution in [2.24, 2.45) is 0 Å². The van der Waals surface area contributed by atoms with Crippen LogP contribution < -0.4 is 5.32 Å². The maximum atomic E-state index is 12.3. The molecule has 1 heterocycles. The first kappa shape index (κ1) is 14.1. The summed E-state index contributed by atoms with van der Waals surface area (Å²) in [5, 5.41) is 3.42. The molecule has 1 amide bonds. The number of hydrogen-bond acceptors (Lipinski definition) is 2. The molecule has 0 radical (unpaired) electrons. The highest BCUT2D eigenvalue weighted by atomic mass is 79.9. The lowest BCUT2D eigenvalue weighted by molar-refractivity contribution is 0.103. The molecule has 0 atom stereocenters. The van der Waals surface area contributed by atoms with Crippen LogP contribution in [-0.2, 0) is 12.8 Å². The zero-order valence-electron chi connectivity index (χ0n) is 10.7. The molecule has 0 aliphatic heterocycles. The zero-order valence-corrected chi connectivity index (χ0v) is 13.9. The fourth-order valence-electron chi connectivity index (χ4n) is 2.38. The molecule has 2 nitrogen and oxygen atoms in total. The first-order valence-corrected chi connectivity index (χ1v) is 8.50. The van der Waals surface area contributed by atoms with E-state index in [2.05, 4.69) is 21.2 Å². The molecule has 0 saturated carbocycles. The Balaban J connectivity index is 1.80. The van der Waals surface area contributed by atoms with Gasteiger partial charge in [0.05, 0.1) is 15.6 Å². The average molecular weight is 371 g/mol. The Hall–Kier alpha value is -0.840. The Labute approximate surface area is 135 Å². The standard InChI is InChI=1S/C15H13BrClNOS/c16-10-5-6-12(11(17)8-10)18-15(19)14-7-9-3-1-2-4-13(9)20-14/h5-8H,1-4H2,(H,18,19). The third-order valence-electron chi connectivity index (χ3n) is 3.40. The summed E-state index contributed by atoms with van der Waals surface area (Å²) in [6.45, 7) is 0. The molecule has 5 heteroatoms. The Bertz CT molecular complexity index is 644. The minimum absolute atomic E-state index is 0.0753. The second-order valence-electron chi connectivity index (χ2n) is 4.84. The molecule has 3 rings (SSSR count). The number of nitrogens with one attached hydrogen (secondary N) is 1. The van der Waals surface area contributed by atoms with E-state index in [-0.39, 0.29) is 5.91 Å². The van der Waals surface area contributed by atoms with Gasteiger partial charge in [-0.25, -0.2) is 0 Å². The predicted molar refractivity (Wildman–Crippen MR) is 88.1 cm³/mol. The van der Waals surface area contributed by atoms with Gasteiger partial charge in [0.25, 0.3) is 5.91 Å². The highest BCUT2D eigenvalue weighted by Gasteiger charge is 2.17. The van der Waals surface area contributed by atoms with Crippen molar-refractivity contribution < 1.29 is 4.79 Å². The summed E-state index contributed by atoms with van der Waals surface area (Å²) in [6.07, 6.45) is 4.65. The fourth-order valence-corrected chi connectivity index (χ4v) is 4.25. The molecule has 1 aliphatic rings. The molecule has 1 aromatic heterocycles. The van der Waals surface area contributed by atoms with Crippen molar-refractivity contribution >= 4 is 50.5 Å². The van der Waals surface area contributed by atoms with Crippen molar-refractivity contribution in [3.8, 4) is 0 Å². The van der Waals surface area contributed by atoms with E-state index < -0.39 is 0 Å². The van der Waals surface area contributed by atoms with E-state index in [0.29, 0.717) is 10.7 Å². The average Bonchev–Trinajstić information content (AvgIpc) is 2.86. The number of carbonyl (C=O) groups is 1. The number of carbonyl (C=O) groups excluding carboxylic acids is 1. The second-order valence-corrected chi connectivity index (χ2v) is 7.30. The van der Waals surface area contributed by atoms with Gasteiger partial charge in [-0.2, -0.15) is 0 Å². The van der Waals surface area contributed by atoms with Crippen LogP contribution in [0, 0.1) is 0 Å². The lowest BCUT2D eigenvalue weighted by Gasteiger charge is -2.08. The molecule has 1 aromatic carbocycles. The number of benzene rings is 1. The number of rotatable bonds is 2. The van der Waals surface area contributed by atoms with Crippen LogP contribution >= 0.6 is 38.9 Å². The van der Waals surface area contributed by atoms with Crippen molar-refractivity contribution in [2.45, 2.75) is 25.7 Å². The van der Waals surface area contributed by atoms with Crippen LogP contribution in [0.25, 0.3) is 0 Å². The number of aryl methyl sites for hydroxylation is 2. The van der Waals surface area contributed by atoms with Crippen LogP contribution in [0.1, 0.15) is 33.0 Å². The molecular weight excluding hydrogens is 358 g/mol. The summed E-state index contributed by atoms with van der Waals surface area (Å²) >= 11 is 11.1. The summed E-state index contributed by atoms with van der Waals surface area (Å²) in [7, 11) is 0. The van der Waals surface area contributed by atoms with Gasteiger partial charge >= 0.3 is 0 Å².